The van der Waals surface area contributed by atoms with E-state index in [1.807, 2.05) is 45.0 Å². The molecular formula is C25H29FN2O4. The van der Waals surface area contributed by atoms with Gasteiger partial charge in [0.1, 0.15) is 29.3 Å². The van der Waals surface area contributed by atoms with Crippen molar-refractivity contribution in [2.24, 2.45) is 0 Å². The van der Waals surface area contributed by atoms with Crippen molar-refractivity contribution in [3.8, 4) is 5.75 Å². The maximum Gasteiger partial charge on any atom is 0.411 e. The number of likely N-dealkylation sites (tertiary alicyclic amines) is 1. The Morgan fingerprint density at radius 3 is 2.50 bits per heavy atom. The van der Waals surface area contributed by atoms with Gasteiger partial charge >= 0.3 is 6.09 Å². The van der Waals surface area contributed by atoms with Gasteiger partial charge < -0.3 is 14.8 Å². The van der Waals surface area contributed by atoms with Crippen LogP contribution in [0.4, 0.5) is 9.18 Å². The van der Waals surface area contributed by atoms with Gasteiger partial charge in [0.05, 0.1) is 6.04 Å². The zero-order valence-corrected chi connectivity index (χ0v) is 18.7. The highest BCUT2D eigenvalue weighted by molar-refractivity contribution is 5.92. The first-order valence-corrected chi connectivity index (χ1v) is 11.0. The Balaban J connectivity index is 1.54. The predicted molar refractivity (Wildman–Crippen MR) is 118 cm³/mol. The van der Waals surface area contributed by atoms with Gasteiger partial charge in [-0.25, -0.2) is 9.18 Å². The van der Waals surface area contributed by atoms with Crippen molar-refractivity contribution in [2.75, 3.05) is 6.54 Å². The summed E-state index contributed by atoms with van der Waals surface area (Å²) in [6, 6.07) is 13.6. The number of halogens is 1. The third-order valence-electron chi connectivity index (χ3n) is 6.06. The maximum atomic E-state index is 13.8. The van der Waals surface area contributed by atoms with Crippen molar-refractivity contribution in [3.05, 3.63) is 65.5 Å². The Hall–Kier alpha value is -3.09. The van der Waals surface area contributed by atoms with E-state index in [9.17, 15) is 14.0 Å². The second kappa shape index (κ2) is 8.45. The molecular weight excluding hydrogens is 411 g/mol. The van der Waals surface area contributed by atoms with E-state index in [-0.39, 0.29) is 24.4 Å². The van der Waals surface area contributed by atoms with Crippen molar-refractivity contribution in [2.45, 2.75) is 63.8 Å². The number of nitrogens with zero attached hydrogens (tertiary/aromatic N) is 1. The molecule has 0 saturated carbocycles. The van der Waals surface area contributed by atoms with Crippen molar-refractivity contribution >= 4 is 12.0 Å². The lowest BCUT2D eigenvalue weighted by molar-refractivity contribution is -0.129. The van der Waals surface area contributed by atoms with Gasteiger partial charge in [-0.05, 0) is 63.8 Å². The number of benzene rings is 2. The average Bonchev–Trinajstić information content (AvgIpc) is 3.30. The van der Waals surface area contributed by atoms with Gasteiger partial charge in [-0.2, -0.15) is 0 Å². The minimum Gasteiger partial charge on any atom is -0.489 e. The molecule has 2 saturated heterocycles. The van der Waals surface area contributed by atoms with Crippen LogP contribution in [0.2, 0.25) is 0 Å². The minimum absolute atomic E-state index is 0.115. The zero-order valence-electron chi connectivity index (χ0n) is 18.7. The van der Waals surface area contributed by atoms with Crippen LogP contribution in [-0.2, 0) is 16.1 Å². The molecule has 0 unspecified atom stereocenters. The second-order valence-corrected chi connectivity index (χ2v) is 9.39. The smallest absolute Gasteiger partial charge is 0.411 e. The summed E-state index contributed by atoms with van der Waals surface area (Å²) in [4.78, 5) is 27.6. The largest absolute Gasteiger partial charge is 0.489 e. The second-order valence-electron chi connectivity index (χ2n) is 9.39. The molecule has 2 heterocycles. The standard InChI is InChI=1S/C25H29FN2O4/c1-24(2,3)32-23(30)28-21(12-13-25(28)14-15-27-22(25)29)17-8-10-19(11-9-17)31-16-18-6-4-5-7-20(18)26/h4-11,21H,12-16H2,1-3H3,(H,27,29)/t21-,25-/m1/s1. The van der Waals surface area contributed by atoms with Crippen LogP contribution in [0.1, 0.15) is 57.2 Å². The van der Waals surface area contributed by atoms with Crippen LogP contribution >= 0.6 is 0 Å². The van der Waals surface area contributed by atoms with Gasteiger partial charge in [0.2, 0.25) is 5.91 Å². The molecule has 1 N–H and O–H groups in total. The molecule has 2 aromatic rings. The first-order chi connectivity index (χ1) is 15.2. The van der Waals surface area contributed by atoms with E-state index < -0.39 is 17.2 Å². The van der Waals surface area contributed by atoms with Crippen LogP contribution in [0, 0.1) is 5.82 Å². The van der Waals surface area contributed by atoms with E-state index in [0.717, 1.165) is 5.56 Å². The molecule has 0 radical (unpaired) electrons. The van der Waals surface area contributed by atoms with E-state index in [1.54, 1.807) is 23.1 Å². The monoisotopic (exact) mass is 440 g/mol. The molecule has 2 aromatic carbocycles. The number of nitrogens with one attached hydrogen (secondary N) is 1. The molecule has 2 aliphatic rings. The third kappa shape index (κ3) is 4.29. The SMILES string of the molecule is CC(C)(C)OC(=O)N1[C@@H](c2ccc(OCc3ccccc3F)cc2)CC[C@]12CCNC2=O. The van der Waals surface area contributed by atoms with Crippen molar-refractivity contribution < 1.29 is 23.5 Å². The Labute approximate surface area is 187 Å². The van der Waals surface area contributed by atoms with Crippen LogP contribution < -0.4 is 10.1 Å². The first-order valence-electron chi connectivity index (χ1n) is 11.0. The molecule has 2 aliphatic heterocycles. The molecule has 1 spiro atoms. The molecule has 0 aromatic heterocycles. The van der Waals surface area contributed by atoms with Crippen LogP contribution in [0.3, 0.4) is 0 Å². The summed E-state index contributed by atoms with van der Waals surface area (Å²) < 4.78 is 25.2. The fourth-order valence-corrected chi connectivity index (χ4v) is 4.54. The van der Waals surface area contributed by atoms with E-state index >= 15 is 0 Å². The Kier molecular flexibility index (Phi) is 5.84. The third-order valence-corrected chi connectivity index (χ3v) is 6.06. The number of carbonyl (C=O) groups excluding carboxylic acids is 2. The molecule has 2 fully saturated rings. The van der Waals surface area contributed by atoms with Gasteiger partial charge in [0, 0.05) is 12.1 Å². The summed E-state index contributed by atoms with van der Waals surface area (Å²) in [6.45, 7) is 6.13. The molecule has 7 heteroatoms. The summed E-state index contributed by atoms with van der Waals surface area (Å²) in [5.41, 5.74) is -0.138. The van der Waals surface area contributed by atoms with Crippen LogP contribution in [0.5, 0.6) is 5.75 Å². The molecule has 170 valence electrons. The Morgan fingerprint density at radius 2 is 1.88 bits per heavy atom. The number of carbonyl (C=O) groups is 2. The van der Waals surface area contributed by atoms with Crippen LogP contribution in [0.15, 0.2) is 48.5 Å². The normalized spacial score (nSPS) is 22.8. The van der Waals surface area contributed by atoms with Crippen molar-refractivity contribution in [1.29, 1.82) is 0 Å². The maximum absolute atomic E-state index is 13.8. The summed E-state index contributed by atoms with van der Waals surface area (Å²) in [6.07, 6.45) is 1.36. The Bertz CT molecular complexity index is 1000. The van der Waals surface area contributed by atoms with Crippen molar-refractivity contribution in [3.63, 3.8) is 0 Å². The van der Waals surface area contributed by atoms with E-state index in [2.05, 4.69) is 5.32 Å². The lowest BCUT2D eigenvalue weighted by Crippen LogP contribution is -2.54. The number of ether oxygens (including phenoxy) is 2. The predicted octanol–water partition coefficient (Wildman–Crippen LogP) is 4.74. The lowest BCUT2D eigenvalue weighted by atomic mass is 9.94. The highest BCUT2D eigenvalue weighted by Gasteiger charge is 2.57. The van der Waals surface area contributed by atoms with Crippen LogP contribution in [-0.4, -0.2) is 34.6 Å². The van der Waals surface area contributed by atoms with Gasteiger partial charge in [0.25, 0.3) is 0 Å². The lowest BCUT2D eigenvalue weighted by Gasteiger charge is -2.37. The summed E-state index contributed by atoms with van der Waals surface area (Å²) >= 11 is 0. The van der Waals surface area contributed by atoms with Crippen LogP contribution in [0.25, 0.3) is 0 Å². The number of hydrogen-bond acceptors (Lipinski definition) is 4. The number of rotatable bonds is 4. The van der Waals surface area contributed by atoms with E-state index in [4.69, 9.17) is 9.47 Å². The van der Waals surface area contributed by atoms with Gasteiger partial charge in [0.15, 0.2) is 0 Å². The highest BCUT2D eigenvalue weighted by Crippen LogP contribution is 2.47. The molecule has 32 heavy (non-hydrogen) atoms. The van der Waals surface area contributed by atoms with Crippen molar-refractivity contribution in [1.82, 2.24) is 10.2 Å². The molecule has 2 amide bonds. The van der Waals surface area contributed by atoms with Gasteiger partial charge in [-0.1, -0.05) is 30.3 Å². The topological polar surface area (TPSA) is 67.9 Å². The fraction of sp³-hybridized carbons (Fsp3) is 0.440. The van der Waals surface area contributed by atoms with E-state index in [1.165, 1.54) is 6.07 Å². The van der Waals surface area contributed by atoms with Gasteiger partial charge in [-0.3, -0.25) is 9.69 Å². The molecule has 4 rings (SSSR count). The molecule has 0 aliphatic carbocycles. The molecule has 0 bridgehead atoms. The van der Waals surface area contributed by atoms with E-state index in [0.29, 0.717) is 37.1 Å². The van der Waals surface area contributed by atoms with Gasteiger partial charge in [-0.15, -0.1) is 0 Å². The minimum atomic E-state index is -0.868. The average molecular weight is 441 g/mol. The number of hydrogen-bond donors (Lipinski definition) is 1. The quantitative estimate of drug-likeness (QED) is 0.746. The Morgan fingerprint density at radius 1 is 1.16 bits per heavy atom. The zero-order chi connectivity index (χ0) is 22.9. The fourth-order valence-electron chi connectivity index (χ4n) is 4.54. The summed E-state index contributed by atoms with van der Waals surface area (Å²) in [7, 11) is 0. The highest BCUT2D eigenvalue weighted by atomic mass is 19.1. The summed E-state index contributed by atoms with van der Waals surface area (Å²) in [5.74, 6) is 0.186. The molecule has 2 atom stereocenters. The number of amides is 2. The molecule has 6 nitrogen and oxygen atoms in total. The summed E-state index contributed by atoms with van der Waals surface area (Å²) in [5, 5.41) is 2.88. The first kappa shape index (κ1) is 22.1.